The summed E-state index contributed by atoms with van der Waals surface area (Å²) >= 11 is 1.20. The molecule has 2 aromatic heterocycles. The average molecular weight is 460 g/mol. The minimum Gasteiger partial charge on any atom is -0.489 e. The number of hydrogen-bond donors (Lipinski definition) is 3. The zero-order valence-corrected chi connectivity index (χ0v) is 18.8. The van der Waals surface area contributed by atoms with Gasteiger partial charge in [-0.3, -0.25) is 9.69 Å². The molecule has 11 heteroatoms. The second-order valence-corrected chi connectivity index (χ2v) is 8.65. The van der Waals surface area contributed by atoms with Gasteiger partial charge in [0.25, 0.3) is 5.91 Å². The molecule has 1 fully saturated rings. The third-order valence-electron chi connectivity index (χ3n) is 4.87. The normalized spacial score (nSPS) is 14.6. The zero-order valence-electron chi connectivity index (χ0n) is 18.0. The fraction of sp³-hybridized carbons (Fsp3) is 0.429. The van der Waals surface area contributed by atoms with E-state index in [0.717, 1.165) is 32.7 Å². The quantitative estimate of drug-likeness (QED) is 0.472. The van der Waals surface area contributed by atoms with E-state index < -0.39 is 5.82 Å². The van der Waals surface area contributed by atoms with E-state index >= 15 is 0 Å². The van der Waals surface area contributed by atoms with E-state index in [1.807, 2.05) is 13.8 Å². The molecule has 32 heavy (non-hydrogen) atoms. The van der Waals surface area contributed by atoms with Crippen LogP contribution < -0.4 is 20.7 Å². The lowest BCUT2D eigenvalue weighted by molar-refractivity contribution is 0.0947. The van der Waals surface area contributed by atoms with Crippen molar-refractivity contribution in [1.29, 1.82) is 0 Å². The molecule has 1 aliphatic heterocycles. The van der Waals surface area contributed by atoms with Crippen LogP contribution in [0.25, 0.3) is 10.3 Å². The van der Waals surface area contributed by atoms with Gasteiger partial charge in [-0.1, -0.05) is 11.3 Å². The lowest BCUT2D eigenvalue weighted by Gasteiger charge is -2.26. The summed E-state index contributed by atoms with van der Waals surface area (Å²) in [6, 6.07) is 4.24. The summed E-state index contributed by atoms with van der Waals surface area (Å²) in [4.78, 5) is 28.5. The van der Waals surface area contributed by atoms with Gasteiger partial charge in [0.2, 0.25) is 0 Å². The number of thiazole rings is 1. The van der Waals surface area contributed by atoms with Crippen molar-refractivity contribution in [2.75, 3.05) is 44.6 Å². The van der Waals surface area contributed by atoms with Crippen LogP contribution in [0.4, 0.5) is 15.9 Å². The minimum atomic E-state index is -0.396. The van der Waals surface area contributed by atoms with E-state index in [2.05, 4.69) is 35.8 Å². The molecule has 3 heterocycles. The van der Waals surface area contributed by atoms with E-state index in [4.69, 9.17) is 4.74 Å². The summed E-state index contributed by atoms with van der Waals surface area (Å²) in [5.74, 6) is 0.159. The molecule has 3 aromatic rings. The molecule has 0 saturated carbocycles. The molecule has 1 amide bonds. The Balaban J connectivity index is 1.48. The van der Waals surface area contributed by atoms with Crippen LogP contribution in [-0.4, -0.2) is 71.1 Å². The molecule has 1 aromatic carbocycles. The zero-order chi connectivity index (χ0) is 22.5. The number of halogens is 1. The first-order valence-corrected chi connectivity index (χ1v) is 11.4. The van der Waals surface area contributed by atoms with Crippen LogP contribution in [0.5, 0.6) is 5.75 Å². The van der Waals surface area contributed by atoms with Gasteiger partial charge in [-0.2, -0.15) is 0 Å². The smallest absolute Gasteiger partial charge is 0.280 e. The first-order chi connectivity index (χ1) is 15.5. The molecule has 0 bridgehead atoms. The van der Waals surface area contributed by atoms with Gasteiger partial charge in [0, 0.05) is 45.3 Å². The lowest BCUT2D eigenvalue weighted by atomic mass is 10.2. The average Bonchev–Trinajstić information content (AvgIpc) is 3.21. The Bertz CT molecular complexity index is 1090. The maximum absolute atomic E-state index is 13.7. The van der Waals surface area contributed by atoms with Crippen molar-refractivity contribution in [1.82, 2.24) is 30.5 Å². The molecule has 170 valence electrons. The maximum atomic E-state index is 13.7. The molecule has 0 unspecified atom stereocenters. The molecular weight excluding hydrogens is 433 g/mol. The third kappa shape index (κ3) is 5.47. The highest BCUT2D eigenvalue weighted by molar-refractivity contribution is 7.19. The van der Waals surface area contributed by atoms with Crippen molar-refractivity contribution in [3.05, 3.63) is 35.4 Å². The van der Waals surface area contributed by atoms with Crippen LogP contribution in [0.3, 0.4) is 0 Å². The Labute approximate surface area is 189 Å². The van der Waals surface area contributed by atoms with Crippen molar-refractivity contribution in [2.45, 2.75) is 20.0 Å². The predicted octanol–water partition coefficient (Wildman–Crippen LogP) is 2.39. The number of nitrogens with one attached hydrogen (secondary N) is 3. The fourth-order valence-corrected chi connectivity index (χ4v) is 4.18. The number of fused-ring (bicyclic) bond motifs is 1. The summed E-state index contributed by atoms with van der Waals surface area (Å²) in [5.41, 5.74) is 1.03. The SMILES string of the molecule is CC(C)Oc1cc(F)ccc1Nc1ncnc2sc(C(=O)NCCN3CCNCC3)nc12. The highest BCUT2D eigenvalue weighted by Gasteiger charge is 2.18. The Morgan fingerprint density at radius 3 is 2.91 bits per heavy atom. The van der Waals surface area contributed by atoms with Gasteiger partial charge in [-0.05, 0) is 26.0 Å². The topological polar surface area (TPSA) is 104 Å². The number of piperazine rings is 1. The van der Waals surface area contributed by atoms with Gasteiger partial charge < -0.3 is 20.7 Å². The Hall–Kier alpha value is -2.89. The molecule has 3 N–H and O–H groups in total. The number of rotatable bonds is 8. The van der Waals surface area contributed by atoms with Crippen molar-refractivity contribution >= 4 is 39.1 Å². The van der Waals surface area contributed by atoms with Crippen molar-refractivity contribution < 1.29 is 13.9 Å². The van der Waals surface area contributed by atoms with Gasteiger partial charge in [-0.15, -0.1) is 0 Å². The number of hydrogen-bond acceptors (Lipinski definition) is 9. The van der Waals surface area contributed by atoms with Crippen molar-refractivity contribution in [2.24, 2.45) is 0 Å². The van der Waals surface area contributed by atoms with Gasteiger partial charge in [0.1, 0.15) is 28.2 Å². The molecule has 4 rings (SSSR count). The highest BCUT2D eigenvalue weighted by atomic mass is 32.1. The summed E-state index contributed by atoms with van der Waals surface area (Å²) < 4.78 is 19.4. The number of anilines is 2. The first kappa shape index (κ1) is 22.3. The fourth-order valence-electron chi connectivity index (χ4n) is 3.36. The number of nitrogens with zero attached hydrogens (tertiary/aromatic N) is 4. The van der Waals surface area contributed by atoms with E-state index in [1.165, 1.54) is 29.8 Å². The second-order valence-electron chi connectivity index (χ2n) is 7.67. The summed E-state index contributed by atoms with van der Waals surface area (Å²) in [6.07, 6.45) is 1.28. The molecule has 0 radical (unpaired) electrons. The number of aromatic nitrogens is 3. The molecule has 0 aliphatic carbocycles. The standard InChI is InChI=1S/C21H26FN7O2S/c1-13(2)31-16-11-14(22)3-4-15(16)27-18-17-20(26-12-25-18)32-21(28-17)19(30)24-7-10-29-8-5-23-6-9-29/h3-4,11-13,23H,5-10H2,1-2H3,(H,24,30)(H,25,26,27). The van der Waals surface area contributed by atoms with Crippen LogP contribution in [0.15, 0.2) is 24.5 Å². The maximum Gasteiger partial charge on any atom is 0.280 e. The number of benzene rings is 1. The molecule has 9 nitrogen and oxygen atoms in total. The van der Waals surface area contributed by atoms with Crippen LogP contribution in [0.2, 0.25) is 0 Å². The summed E-state index contributed by atoms with van der Waals surface area (Å²) in [7, 11) is 0. The number of carbonyl (C=O) groups is 1. The molecular formula is C21H26FN7O2S. The van der Waals surface area contributed by atoms with Crippen LogP contribution in [0, 0.1) is 5.82 Å². The number of carbonyl (C=O) groups excluding carboxylic acids is 1. The van der Waals surface area contributed by atoms with Crippen LogP contribution >= 0.6 is 11.3 Å². The van der Waals surface area contributed by atoms with E-state index in [-0.39, 0.29) is 12.0 Å². The summed E-state index contributed by atoms with van der Waals surface area (Å²) in [5, 5.41) is 9.70. The molecule has 0 spiro atoms. The monoisotopic (exact) mass is 459 g/mol. The van der Waals surface area contributed by atoms with Crippen molar-refractivity contribution in [3.8, 4) is 5.75 Å². The molecule has 1 saturated heterocycles. The largest absolute Gasteiger partial charge is 0.489 e. The number of amides is 1. The van der Waals surface area contributed by atoms with Gasteiger partial charge in [-0.25, -0.2) is 19.3 Å². The number of ether oxygens (including phenoxy) is 1. The van der Waals surface area contributed by atoms with E-state index in [1.54, 1.807) is 6.07 Å². The van der Waals surface area contributed by atoms with Crippen molar-refractivity contribution in [3.63, 3.8) is 0 Å². The first-order valence-electron chi connectivity index (χ1n) is 10.6. The Morgan fingerprint density at radius 2 is 2.12 bits per heavy atom. The van der Waals surface area contributed by atoms with Gasteiger partial charge in [0.05, 0.1) is 11.8 Å². The Morgan fingerprint density at radius 1 is 1.31 bits per heavy atom. The lowest BCUT2D eigenvalue weighted by Crippen LogP contribution is -2.46. The highest BCUT2D eigenvalue weighted by Crippen LogP contribution is 2.32. The van der Waals surface area contributed by atoms with Crippen LogP contribution in [-0.2, 0) is 0 Å². The van der Waals surface area contributed by atoms with E-state index in [9.17, 15) is 9.18 Å². The van der Waals surface area contributed by atoms with Gasteiger partial charge >= 0.3 is 0 Å². The molecule has 0 atom stereocenters. The van der Waals surface area contributed by atoms with Crippen LogP contribution in [0.1, 0.15) is 23.6 Å². The molecule has 1 aliphatic rings. The Kier molecular flexibility index (Phi) is 7.08. The predicted molar refractivity (Wildman–Crippen MR) is 122 cm³/mol. The second kappa shape index (κ2) is 10.2. The third-order valence-corrected chi connectivity index (χ3v) is 5.83. The minimum absolute atomic E-state index is 0.126. The van der Waals surface area contributed by atoms with E-state index in [0.29, 0.717) is 39.2 Å². The summed E-state index contributed by atoms with van der Waals surface area (Å²) in [6.45, 7) is 8.98. The van der Waals surface area contributed by atoms with Gasteiger partial charge in [0.15, 0.2) is 10.8 Å².